The fourth-order valence-corrected chi connectivity index (χ4v) is 1.13. The fraction of sp³-hybridized carbons (Fsp3) is 0.875. The van der Waals surface area contributed by atoms with Gasteiger partial charge in [0.1, 0.15) is 0 Å². The highest BCUT2D eigenvalue weighted by atomic mass is 16.3. The number of aliphatic hydroxyl groups is 1. The van der Waals surface area contributed by atoms with Crippen LogP contribution in [0.15, 0.2) is 0 Å². The van der Waals surface area contributed by atoms with Gasteiger partial charge in [0.2, 0.25) is 0 Å². The number of hydrogen-bond donors (Lipinski definition) is 1. The predicted octanol–water partition coefficient (Wildman–Crippen LogP) is -0.935. The summed E-state index contributed by atoms with van der Waals surface area (Å²) < 4.78 is 0. The molecule has 6 nitrogen and oxygen atoms in total. The molecule has 0 amide bonds. The molecule has 0 aliphatic heterocycles. The Morgan fingerprint density at radius 3 is 2.71 bits per heavy atom. The van der Waals surface area contributed by atoms with Crippen molar-refractivity contribution in [2.45, 2.75) is 18.9 Å². The van der Waals surface area contributed by atoms with Crippen molar-refractivity contribution >= 4 is 0 Å². The van der Waals surface area contributed by atoms with Gasteiger partial charge in [0.05, 0.1) is 13.2 Å². The number of rotatable bonds is 5. The maximum atomic E-state index is 9.62. The summed E-state index contributed by atoms with van der Waals surface area (Å²) >= 11 is 0. The first-order valence-corrected chi connectivity index (χ1v) is 4.63. The number of aliphatic hydroxyl groups excluding tert-OH is 1. The van der Waals surface area contributed by atoms with Crippen LogP contribution in [0.2, 0.25) is 0 Å². The van der Waals surface area contributed by atoms with Gasteiger partial charge in [-0.3, -0.25) is 0 Å². The van der Waals surface area contributed by atoms with E-state index in [9.17, 15) is 5.11 Å². The summed E-state index contributed by atoms with van der Waals surface area (Å²) in [5, 5.41) is 21.1. The highest BCUT2D eigenvalue weighted by molar-refractivity contribution is 4.80. The maximum Gasteiger partial charge on any atom is 0.177 e. The lowest BCUT2D eigenvalue weighted by atomic mass is 10.2. The quantitative estimate of drug-likeness (QED) is 0.663. The molecule has 1 rings (SSSR count). The van der Waals surface area contributed by atoms with Crippen LogP contribution in [-0.2, 0) is 13.5 Å². The smallest absolute Gasteiger partial charge is 0.177 e. The van der Waals surface area contributed by atoms with E-state index >= 15 is 0 Å². The fourth-order valence-electron chi connectivity index (χ4n) is 1.13. The third-order valence-corrected chi connectivity index (χ3v) is 1.88. The molecule has 0 radical (unpaired) electrons. The Morgan fingerprint density at radius 2 is 2.21 bits per heavy atom. The monoisotopic (exact) mass is 199 g/mol. The zero-order chi connectivity index (χ0) is 10.6. The second-order valence-corrected chi connectivity index (χ2v) is 3.65. The van der Waals surface area contributed by atoms with Gasteiger partial charge in [-0.05, 0) is 32.3 Å². The minimum Gasteiger partial charge on any atom is -0.393 e. The molecule has 0 aromatic carbocycles. The Morgan fingerprint density at radius 1 is 1.50 bits per heavy atom. The first-order chi connectivity index (χ1) is 6.58. The third kappa shape index (κ3) is 3.80. The van der Waals surface area contributed by atoms with Crippen LogP contribution in [0.3, 0.4) is 0 Å². The summed E-state index contributed by atoms with van der Waals surface area (Å²) in [5.74, 6) is 0.596. The summed E-state index contributed by atoms with van der Waals surface area (Å²) in [6.07, 6.45) is 0.814. The SMILES string of the molecule is CN(C)CCC(O)Cc1nnn(C)n1. The van der Waals surface area contributed by atoms with Gasteiger partial charge in [0, 0.05) is 6.42 Å². The molecule has 1 unspecified atom stereocenters. The van der Waals surface area contributed by atoms with E-state index in [4.69, 9.17) is 0 Å². The van der Waals surface area contributed by atoms with Crippen LogP contribution in [0.1, 0.15) is 12.2 Å². The van der Waals surface area contributed by atoms with Crippen LogP contribution in [0.4, 0.5) is 0 Å². The molecule has 14 heavy (non-hydrogen) atoms. The molecule has 0 saturated carbocycles. The van der Waals surface area contributed by atoms with Crippen LogP contribution in [0, 0.1) is 0 Å². The number of hydrogen-bond acceptors (Lipinski definition) is 5. The van der Waals surface area contributed by atoms with Crippen molar-refractivity contribution in [2.75, 3.05) is 20.6 Å². The second kappa shape index (κ2) is 5.02. The van der Waals surface area contributed by atoms with E-state index in [-0.39, 0.29) is 6.10 Å². The van der Waals surface area contributed by atoms with E-state index < -0.39 is 0 Å². The molecule has 0 aliphatic carbocycles. The van der Waals surface area contributed by atoms with Crippen molar-refractivity contribution in [3.63, 3.8) is 0 Å². The Hall–Kier alpha value is -1.01. The average Bonchev–Trinajstić information content (AvgIpc) is 2.48. The molecule has 0 fully saturated rings. The molecular weight excluding hydrogens is 182 g/mol. The van der Waals surface area contributed by atoms with E-state index in [1.165, 1.54) is 4.80 Å². The number of aromatic nitrogens is 4. The van der Waals surface area contributed by atoms with Crippen LogP contribution < -0.4 is 0 Å². The number of aryl methyl sites for hydroxylation is 1. The molecule has 0 aliphatic rings. The van der Waals surface area contributed by atoms with Gasteiger partial charge in [-0.15, -0.1) is 10.2 Å². The van der Waals surface area contributed by atoms with Crippen LogP contribution in [0.5, 0.6) is 0 Å². The first kappa shape index (κ1) is 11.1. The summed E-state index contributed by atoms with van der Waals surface area (Å²) in [6, 6.07) is 0. The lowest BCUT2D eigenvalue weighted by Gasteiger charge is -2.12. The highest BCUT2D eigenvalue weighted by Gasteiger charge is 2.09. The van der Waals surface area contributed by atoms with Crippen molar-refractivity contribution in [2.24, 2.45) is 7.05 Å². The van der Waals surface area contributed by atoms with Crippen LogP contribution in [-0.4, -0.2) is 57.0 Å². The summed E-state index contributed by atoms with van der Waals surface area (Å²) in [4.78, 5) is 3.43. The molecule has 0 spiro atoms. The molecule has 1 aromatic heterocycles. The van der Waals surface area contributed by atoms with Crippen molar-refractivity contribution in [3.05, 3.63) is 5.82 Å². The minimum absolute atomic E-state index is 0.387. The van der Waals surface area contributed by atoms with Gasteiger partial charge in [0.15, 0.2) is 5.82 Å². The molecular formula is C8H17N5O. The molecule has 1 aromatic rings. The molecule has 0 saturated heterocycles. The van der Waals surface area contributed by atoms with E-state index in [1.807, 2.05) is 19.0 Å². The van der Waals surface area contributed by atoms with Gasteiger partial charge in [-0.2, -0.15) is 4.80 Å². The van der Waals surface area contributed by atoms with Gasteiger partial charge >= 0.3 is 0 Å². The summed E-state index contributed by atoms with van der Waals surface area (Å²) in [6.45, 7) is 0.863. The van der Waals surface area contributed by atoms with Crippen molar-refractivity contribution in [1.82, 2.24) is 25.1 Å². The molecule has 1 N–H and O–H groups in total. The normalized spacial score (nSPS) is 13.5. The maximum absolute atomic E-state index is 9.62. The second-order valence-electron chi connectivity index (χ2n) is 3.65. The summed E-state index contributed by atoms with van der Waals surface area (Å²) in [7, 11) is 5.67. The van der Waals surface area contributed by atoms with E-state index in [0.717, 1.165) is 13.0 Å². The van der Waals surface area contributed by atoms with E-state index in [1.54, 1.807) is 7.05 Å². The predicted molar refractivity (Wildman–Crippen MR) is 51.7 cm³/mol. The van der Waals surface area contributed by atoms with Crippen molar-refractivity contribution < 1.29 is 5.11 Å². The highest BCUT2D eigenvalue weighted by Crippen LogP contribution is 1.99. The van der Waals surface area contributed by atoms with Crippen LogP contribution >= 0.6 is 0 Å². The minimum atomic E-state index is -0.387. The average molecular weight is 199 g/mol. The zero-order valence-electron chi connectivity index (χ0n) is 8.88. The Balaban J connectivity index is 2.30. The lowest BCUT2D eigenvalue weighted by Crippen LogP contribution is -2.21. The Labute approximate surface area is 83.5 Å². The molecule has 80 valence electrons. The Kier molecular flexibility index (Phi) is 3.97. The van der Waals surface area contributed by atoms with Crippen LogP contribution in [0.25, 0.3) is 0 Å². The van der Waals surface area contributed by atoms with Crippen molar-refractivity contribution in [1.29, 1.82) is 0 Å². The standard InChI is InChI=1S/C8H17N5O/c1-12(2)5-4-7(14)6-8-9-11-13(3)10-8/h7,14H,4-6H2,1-3H3. The molecule has 1 atom stereocenters. The number of nitrogens with zero attached hydrogens (tertiary/aromatic N) is 5. The molecule has 6 heteroatoms. The summed E-state index contributed by atoms with van der Waals surface area (Å²) in [5.41, 5.74) is 0. The first-order valence-electron chi connectivity index (χ1n) is 4.63. The third-order valence-electron chi connectivity index (χ3n) is 1.88. The van der Waals surface area contributed by atoms with E-state index in [2.05, 4.69) is 15.4 Å². The zero-order valence-corrected chi connectivity index (χ0v) is 8.88. The van der Waals surface area contributed by atoms with Gasteiger partial charge < -0.3 is 10.0 Å². The Bertz CT molecular complexity index is 272. The van der Waals surface area contributed by atoms with Crippen molar-refractivity contribution in [3.8, 4) is 0 Å². The lowest BCUT2D eigenvalue weighted by molar-refractivity contribution is 0.150. The molecule has 0 bridgehead atoms. The topological polar surface area (TPSA) is 67.1 Å². The number of tetrazole rings is 1. The van der Waals surface area contributed by atoms with Gasteiger partial charge in [0.25, 0.3) is 0 Å². The van der Waals surface area contributed by atoms with Gasteiger partial charge in [-0.1, -0.05) is 0 Å². The van der Waals surface area contributed by atoms with Gasteiger partial charge in [-0.25, -0.2) is 0 Å². The van der Waals surface area contributed by atoms with E-state index in [0.29, 0.717) is 12.2 Å². The molecule has 1 heterocycles. The largest absolute Gasteiger partial charge is 0.393 e.